The van der Waals surface area contributed by atoms with Crippen molar-refractivity contribution in [3.05, 3.63) is 59.9 Å². The predicted octanol–water partition coefficient (Wildman–Crippen LogP) is 2.59. The second-order valence-corrected chi connectivity index (χ2v) is 4.46. The highest BCUT2D eigenvalue weighted by atomic mass is 19.1. The summed E-state index contributed by atoms with van der Waals surface area (Å²) in [6.07, 6.45) is 5.43. The van der Waals surface area contributed by atoms with E-state index in [2.05, 4.69) is 15.1 Å². The van der Waals surface area contributed by atoms with E-state index in [9.17, 15) is 9.18 Å². The predicted molar refractivity (Wildman–Crippen MR) is 74.7 cm³/mol. The van der Waals surface area contributed by atoms with Crippen molar-refractivity contribution in [2.75, 3.05) is 0 Å². The lowest BCUT2D eigenvalue weighted by molar-refractivity contribution is 0.112. The smallest absolute Gasteiger partial charge is 0.153 e. The van der Waals surface area contributed by atoms with Crippen LogP contribution in [-0.2, 0) is 0 Å². The van der Waals surface area contributed by atoms with Crippen LogP contribution in [0.25, 0.3) is 17.1 Å². The number of benzene rings is 1. The minimum Gasteiger partial charge on any atom is -0.298 e. The molecule has 0 N–H and O–H groups in total. The van der Waals surface area contributed by atoms with Gasteiger partial charge in [0.1, 0.15) is 17.2 Å². The quantitative estimate of drug-likeness (QED) is 0.693. The molecule has 3 aromatic rings. The number of aromatic nitrogens is 4. The first-order valence-corrected chi connectivity index (χ1v) is 6.28. The number of carbonyl (C=O) groups is 1. The van der Waals surface area contributed by atoms with E-state index in [1.807, 2.05) is 0 Å². The third-order valence-corrected chi connectivity index (χ3v) is 3.07. The zero-order valence-electron chi connectivity index (χ0n) is 11.2. The Balaban J connectivity index is 2.13. The van der Waals surface area contributed by atoms with E-state index >= 15 is 0 Å². The summed E-state index contributed by atoms with van der Waals surface area (Å²) >= 11 is 0. The number of halogens is 1. The molecule has 21 heavy (non-hydrogen) atoms. The largest absolute Gasteiger partial charge is 0.298 e. The van der Waals surface area contributed by atoms with E-state index in [1.165, 1.54) is 16.8 Å². The van der Waals surface area contributed by atoms with Gasteiger partial charge in [0, 0.05) is 18.6 Å². The van der Waals surface area contributed by atoms with Crippen LogP contribution in [-0.4, -0.2) is 26.0 Å². The number of hydrogen-bond acceptors (Lipinski definition) is 4. The fourth-order valence-electron chi connectivity index (χ4n) is 2.02. The van der Waals surface area contributed by atoms with Gasteiger partial charge in [0.15, 0.2) is 6.29 Å². The van der Waals surface area contributed by atoms with Gasteiger partial charge in [-0.15, -0.1) is 0 Å². The fraction of sp³-hybridized carbons (Fsp3) is 0.0667. The van der Waals surface area contributed by atoms with Crippen molar-refractivity contribution in [2.24, 2.45) is 0 Å². The highest BCUT2D eigenvalue weighted by molar-refractivity contribution is 5.85. The molecule has 2 heterocycles. The topological polar surface area (TPSA) is 60.7 Å². The summed E-state index contributed by atoms with van der Waals surface area (Å²) in [5.41, 5.74) is 2.76. The second-order valence-electron chi connectivity index (χ2n) is 4.46. The van der Waals surface area contributed by atoms with Crippen molar-refractivity contribution >= 4 is 6.29 Å². The molecule has 0 amide bonds. The van der Waals surface area contributed by atoms with Gasteiger partial charge in [0.2, 0.25) is 0 Å². The lowest BCUT2D eigenvalue weighted by Gasteiger charge is -2.01. The van der Waals surface area contributed by atoms with Gasteiger partial charge in [-0.3, -0.25) is 14.8 Å². The van der Waals surface area contributed by atoms with Gasteiger partial charge in [-0.1, -0.05) is 0 Å². The Bertz CT molecular complexity index is 796. The van der Waals surface area contributed by atoms with Crippen molar-refractivity contribution in [3.63, 3.8) is 0 Å². The van der Waals surface area contributed by atoms with Gasteiger partial charge in [0.25, 0.3) is 0 Å². The minimum absolute atomic E-state index is 0.327. The Kier molecular flexibility index (Phi) is 3.27. The van der Waals surface area contributed by atoms with Gasteiger partial charge in [-0.05, 0) is 31.2 Å². The van der Waals surface area contributed by atoms with Crippen LogP contribution in [0.2, 0.25) is 0 Å². The zero-order chi connectivity index (χ0) is 14.8. The van der Waals surface area contributed by atoms with Gasteiger partial charge in [-0.2, -0.15) is 5.10 Å². The molecular formula is C15H11FN4O. The number of hydrogen-bond donors (Lipinski definition) is 0. The average Bonchev–Trinajstić information content (AvgIpc) is 2.92. The third-order valence-electron chi connectivity index (χ3n) is 3.07. The normalized spacial score (nSPS) is 10.6. The highest BCUT2D eigenvalue weighted by Crippen LogP contribution is 2.22. The van der Waals surface area contributed by atoms with Gasteiger partial charge >= 0.3 is 0 Å². The van der Waals surface area contributed by atoms with Crippen LogP contribution in [0, 0.1) is 12.7 Å². The maximum absolute atomic E-state index is 13.0. The molecule has 0 bridgehead atoms. The van der Waals surface area contributed by atoms with Crippen LogP contribution in [0.4, 0.5) is 4.39 Å². The average molecular weight is 282 g/mol. The molecule has 0 aliphatic rings. The van der Waals surface area contributed by atoms with Crippen molar-refractivity contribution in [1.29, 1.82) is 0 Å². The molecule has 6 heteroatoms. The van der Waals surface area contributed by atoms with Crippen LogP contribution in [0.3, 0.4) is 0 Å². The van der Waals surface area contributed by atoms with Crippen molar-refractivity contribution in [1.82, 2.24) is 19.7 Å². The van der Waals surface area contributed by atoms with E-state index in [0.29, 0.717) is 28.3 Å². The maximum Gasteiger partial charge on any atom is 0.153 e. The highest BCUT2D eigenvalue weighted by Gasteiger charge is 2.15. The van der Waals surface area contributed by atoms with Crippen LogP contribution >= 0.6 is 0 Å². The van der Waals surface area contributed by atoms with Crippen molar-refractivity contribution in [2.45, 2.75) is 6.92 Å². The van der Waals surface area contributed by atoms with Gasteiger partial charge in [-0.25, -0.2) is 9.07 Å². The Morgan fingerprint density at radius 3 is 2.48 bits per heavy atom. The Morgan fingerprint density at radius 1 is 1.10 bits per heavy atom. The maximum atomic E-state index is 13.0. The fourth-order valence-corrected chi connectivity index (χ4v) is 2.02. The molecule has 1 aromatic carbocycles. The number of nitrogens with zero attached hydrogens (tertiary/aromatic N) is 4. The molecule has 0 spiro atoms. The zero-order valence-corrected chi connectivity index (χ0v) is 11.2. The lowest BCUT2D eigenvalue weighted by Crippen LogP contribution is -1.97. The first-order chi connectivity index (χ1) is 10.2. The monoisotopic (exact) mass is 282 g/mol. The molecule has 0 fully saturated rings. The lowest BCUT2D eigenvalue weighted by atomic mass is 10.2. The van der Waals surface area contributed by atoms with Crippen molar-refractivity contribution in [3.8, 4) is 17.1 Å². The summed E-state index contributed by atoms with van der Waals surface area (Å²) in [6.45, 7) is 1.80. The second kappa shape index (κ2) is 5.24. The molecule has 0 unspecified atom stereocenters. The van der Waals surface area contributed by atoms with Crippen molar-refractivity contribution < 1.29 is 9.18 Å². The van der Waals surface area contributed by atoms with Crippen LogP contribution in [0.15, 0.2) is 42.9 Å². The molecule has 0 saturated carbocycles. The number of aldehydes is 1. The molecule has 0 atom stereocenters. The van der Waals surface area contributed by atoms with E-state index in [0.717, 1.165) is 6.29 Å². The Labute approximate surface area is 120 Å². The SMILES string of the molecule is Cc1nccnc1-c1nn(-c2ccc(F)cc2)cc1C=O. The van der Waals surface area contributed by atoms with E-state index < -0.39 is 0 Å². The minimum atomic E-state index is -0.327. The van der Waals surface area contributed by atoms with E-state index in [-0.39, 0.29) is 5.82 Å². The molecule has 0 aliphatic heterocycles. The van der Waals surface area contributed by atoms with Crippen LogP contribution in [0.5, 0.6) is 0 Å². The standard InChI is InChI=1S/C15H11FN4O/c1-10-14(18-7-6-17-10)15-11(9-21)8-20(19-15)13-4-2-12(16)3-5-13/h2-9H,1H3. The molecule has 3 rings (SSSR count). The molecule has 0 aliphatic carbocycles. The molecule has 0 radical (unpaired) electrons. The first kappa shape index (κ1) is 13.1. The molecule has 0 saturated heterocycles. The summed E-state index contributed by atoms with van der Waals surface area (Å²) in [5.74, 6) is -0.327. The Hall–Kier alpha value is -2.89. The van der Waals surface area contributed by atoms with Gasteiger partial charge in [0.05, 0.1) is 16.9 Å². The summed E-state index contributed by atoms with van der Waals surface area (Å²) in [5, 5.41) is 4.37. The number of carbonyl (C=O) groups excluding carboxylic acids is 1. The number of rotatable bonds is 3. The molecule has 2 aromatic heterocycles. The summed E-state index contributed by atoms with van der Waals surface area (Å²) in [6, 6.07) is 5.85. The Morgan fingerprint density at radius 2 is 1.81 bits per heavy atom. The van der Waals surface area contributed by atoms with Crippen LogP contribution in [0.1, 0.15) is 16.1 Å². The number of aryl methyl sites for hydroxylation is 1. The molecular weight excluding hydrogens is 271 g/mol. The van der Waals surface area contributed by atoms with Gasteiger partial charge < -0.3 is 0 Å². The van der Waals surface area contributed by atoms with E-state index in [4.69, 9.17) is 0 Å². The molecule has 104 valence electrons. The summed E-state index contributed by atoms with van der Waals surface area (Å²) in [7, 11) is 0. The third kappa shape index (κ3) is 2.43. The molecule has 5 nitrogen and oxygen atoms in total. The summed E-state index contributed by atoms with van der Waals surface area (Å²) < 4.78 is 14.5. The van der Waals surface area contributed by atoms with Crippen LogP contribution < -0.4 is 0 Å². The first-order valence-electron chi connectivity index (χ1n) is 6.28. The summed E-state index contributed by atoms with van der Waals surface area (Å²) in [4.78, 5) is 19.6. The van der Waals surface area contributed by atoms with E-state index in [1.54, 1.807) is 37.6 Å².